The molecule has 2 fully saturated rings. The van der Waals surface area contributed by atoms with Crippen molar-refractivity contribution < 1.29 is 27.5 Å². The predicted octanol–water partition coefficient (Wildman–Crippen LogP) is 1.78. The van der Waals surface area contributed by atoms with E-state index in [0.29, 0.717) is 48.1 Å². The number of methoxy groups -OCH3 is 1. The maximum atomic E-state index is 14.0. The highest BCUT2D eigenvalue weighted by Gasteiger charge is 2.45. The van der Waals surface area contributed by atoms with Gasteiger partial charge in [0.1, 0.15) is 12.4 Å². The van der Waals surface area contributed by atoms with E-state index >= 15 is 0 Å². The summed E-state index contributed by atoms with van der Waals surface area (Å²) in [6.45, 7) is 2.82. The van der Waals surface area contributed by atoms with Crippen molar-refractivity contribution in [2.24, 2.45) is 0 Å². The van der Waals surface area contributed by atoms with Crippen LogP contribution in [0.4, 0.5) is 11.8 Å². The lowest BCUT2D eigenvalue weighted by Crippen LogP contribution is -2.52. The highest BCUT2D eigenvalue weighted by Crippen LogP contribution is 2.37. The Morgan fingerprint density at radius 2 is 1.86 bits per heavy atom. The number of anilines is 2. The van der Waals surface area contributed by atoms with E-state index in [2.05, 4.69) is 35.0 Å². The standard InChI is InChI=1S/C27H32N8O6S/c1-3-41-23-16-28-15-20(31-23)18-4-7-22(30-14-18)33-25(37)27(9-12-35(13-10-27)24(36)17-40-2)21-8-11-29-26(32-21)34-42(38,39)19-5-6-19/h4,7-8,11,14-16,19H,3,5-6,9-10,12-13,17H2,1-2H3,(H,29,32,34)(H,30,33,37). The van der Waals surface area contributed by atoms with Crippen LogP contribution in [0.1, 0.15) is 38.3 Å². The number of hydrogen-bond donors (Lipinski definition) is 2. The number of nitrogens with one attached hydrogen (secondary N) is 2. The van der Waals surface area contributed by atoms with Gasteiger partial charge in [0.05, 0.1) is 41.1 Å². The number of amides is 2. The second-order valence-electron chi connectivity index (χ2n) is 10.1. The van der Waals surface area contributed by atoms with Gasteiger partial charge in [0.15, 0.2) is 0 Å². The largest absolute Gasteiger partial charge is 0.477 e. The zero-order chi connectivity index (χ0) is 29.7. The second-order valence-corrected chi connectivity index (χ2v) is 12.0. The molecule has 2 aliphatic rings. The predicted molar refractivity (Wildman–Crippen MR) is 152 cm³/mol. The highest BCUT2D eigenvalue weighted by atomic mass is 32.2. The molecule has 3 aromatic rings. The zero-order valence-corrected chi connectivity index (χ0v) is 24.1. The van der Waals surface area contributed by atoms with Crippen LogP contribution in [-0.4, -0.2) is 88.7 Å². The molecule has 14 nitrogen and oxygen atoms in total. The van der Waals surface area contributed by atoms with E-state index in [1.807, 2.05) is 6.92 Å². The number of rotatable bonds is 11. The van der Waals surface area contributed by atoms with Gasteiger partial charge in [-0.25, -0.2) is 28.4 Å². The Balaban J connectivity index is 1.39. The normalized spacial score (nSPS) is 16.5. The molecule has 2 N–H and O–H groups in total. The molecule has 0 spiro atoms. The van der Waals surface area contributed by atoms with E-state index in [9.17, 15) is 18.0 Å². The summed E-state index contributed by atoms with van der Waals surface area (Å²) in [5.74, 6) is 0.0459. The first-order valence-corrected chi connectivity index (χ1v) is 15.1. The van der Waals surface area contributed by atoms with E-state index in [4.69, 9.17) is 9.47 Å². The Morgan fingerprint density at radius 1 is 1.07 bits per heavy atom. The van der Waals surface area contributed by atoms with Gasteiger partial charge in [0, 0.05) is 38.2 Å². The number of carbonyl (C=O) groups is 2. The number of hydrogen-bond acceptors (Lipinski definition) is 11. The second kappa shape index (κ2) is 12.3. The van der Waals surface area contributed by atoms with Gasteiger partial charge in [-0.15, -0.1) is 0 Å². The summed E-state index contributed by atoms with van der Waals surface area (Å²) in [6, 6.07) is 5.01. The quantitative estimate of drug-likeness (QED) is 0.330. The first-order chi connectivity index (χ1) is 20.2. The molecule has 0 atom stereocenters. The number of sulfonamides is 1. The third-order valence-corrected chi connectivity index (χ3v) is 9.04. The number of likely N-dealkylation sites (tertiary alicyclic amines) is 1. The van der Waals surface area contributed by atoms with Crippen LogP contribution in [-0.2, 0) is 29.8 Å². The number of piperidine rings is 1. The van der Waals surface area contributed by atoms with Gasteiger partial charge in [-0.2, -0.15) is 0 Å². The van der Waals surface area contributed by atoms with Crippen molar-refractivity contribution in [3.63, 3.8) is 0 Å². The maximum absolute atomic E-state index is 14.0. The van der Waals surface area contributed by atoms with Crippen LogP contribution < -0.4 is 14.8 Å². The summed E-state index contributed by atoms with van der Waals surface area (Å²) < 4.78 is 37.9. The minimum absolute atomic E-state index is 0.0616. The minimum Gasteiger partial charge on any atom is -0.477 e. The zero-order valence-electron chi connectivity index (χ0n) is 23.3. The summed E-state index contributed by atoms with van der Waals surface area (Å²) in [5, 5.41) is 2.43. The van der Waals surface area contributed by atoms with Gasteiger partial charge in [-0.05, 0) is 50.8 Å². The molecule has 3 aromatic heterocycles. The van der Waals surface area contributed by atoms with Crippen molar-refractivity contribution in [1.82, 2.24) is 29.8 Å². The van der Waals surface area contributed by atoms with Crippen molar-refractivity contribution in [3.8, 4) is 17.1 Å². The molecule has 222 valence electrons. The summed E-state index contributed by atoms with van der Waals surface area (Å²) in [4.78, 5) is 49.6. The maximum Gasteiger partial charge on any atom is 0.248 e. The molecule has 1 aliphatic heterocycles. The molecule has 1 saturated carbocycles. The van der Waals surface area contributed by atoms with E-state index in [1.54, 1.807) is 35.5 Å². The number of ether oxygens (including phenoxy) is 2. The fourth-order valence-corrected chi connectivity index (χ4v) is 6.05. The van der Waals surface area contributed by atoms with Crippen molar-refractivity contribution in [1.29, 1.82) is 0 Å². The number of nitrogens with zero attached hydrogens (tertiary/aromatic N) is 6. The first kappa shape index (κ1) is 29.3. The molecule has 4 heterocycles. The minimum atomic E-state index is -3.61. The summed E-state index contributed by atoms with van der Waals surface area (Å²) in [5.41, 5.74) is 0.426. The third-order valence-electron chi connectivity index (χ3n) is 7.22. The lowest BCUT2D eigenvalue weighted by atomic mass is 9.74. The molecule has 1 aliphatic carbocycles. The van der Waals surface area contributed by atoms with Gasteiger partial charge >= 0.3 is 0 Å². The highest BCUT2D eigenvalue weighted by molar-refractivity contribution is 7.93. The van der Waals surface area contributed by atoms with Gasteiger partial charge in [-0.3, -0.25) is 19.3 Å². The smallest absolute Gasteiger partial charge is 0.248 e. The van der Waals surface area contributed by atoms with Crippen molar-refractivity contribution in [3.05, 3.63) is 48.7 Å². The van der Waals surface area contributed by atoms with E-state index < -0.39 is 20.7 Å². The Morgan fingerprint density at radius 3 is 2.52 bits per heavy atom. The van der Waals surface area contributed by atoms with Gasteiger partial charge in [-0.1, -0.05) is 0 Å². The molecule has 0 radical (unpaired) electrons. The van der Waals surface area contributed by atoms with Crippen molar-refractivity contribution in [2.45, 2.75) is 43.3 Å². The molecule has 0 unspecified atom stereocenters. The van der Waals surface area contributed by atoms with Crippen LogP contribution in [0.15, 0.2) is 43.0 Å². The molecule has 0 bridgehead atoms. The number of pyridine rings is 1. The topological polar surface area (TPSA) is 178 Å². The lowest BCUT2D eigenvalue weighted by Gasteiger charge is -2.40. The van der Waals surface area contributed by atoms with E-state index in [1.165, 1.54) is 19.5 Å². The van der Waals surface area contributed by atoms with Crippen LogP contribution in [0.2, 0.25) is 0 Å². The van der Waals surface area contributed by atoms with Crippen LogP contribution in [0.5, 0.6) is 5.88 Å². The van der Waals surface area contributed by atoms with E-state index in [0.717, 1.165) is 0 Å². The molecule has 42 heavy (non-hydrogen) atoms. The van der Waals surface area contributed by atoms with Crippen molar-refractivity contribution in [2.75, 3.05) is 43.5 Å². The average molecular weight is 597 g/mol. The molecule has 2 amide bonds. The van der Waals surface area contributed by atoms with Crippen molar-refractivity contribution >= 4 is 33.6 Å². The van der Waals surface area contributed by atoms with Gasteiger partial charge in [0.25, 0.3) is 0 Å². The van der Waals surface area contributed by atoms with Crippen LogP contribution in [0.3, 0.4) is 0 Å². The van der Waals surface area contributed by atoms with Crippen LogP contribution in [0.25, 0.3) is 11.3 Å². The fourth-order valence-electron chi connectivity index (χ4n) is 4.78. The Hall–Kier alpha value is -4.24. The molecule has 5 rings (SSSR count). The molecule has 15 heteroatoms. The molecule has 0 aromatic carbocycles. The van der Waals surface area contributed by atoms with E-state index in [-0.39, 0.29) is 50.3 Å². The third kappa shape index (κ3) is 6.46. The van der Waals surface area contributed by atoms with Gasteiger partial charge in [0.2, 0.25) is 33.7 Å². The monoisotopic (exact) mass is 596 g/mol. The Bertz CT molecular complexity index is 1540. The fraction of sp³-hybridized carbons (Fsp3) is 0.444. The van der Waals surface area contributed by atoms with Gasteiger partial charge < -0.3 is 19.7 Å². The number of aromatic nitrogens is 5. The molecule has 1 saturated heterocycles. The Kier molecular flexibility index (Phi) is 8.59. The summed E-state index contributed by atoms with van der Waals surface area (Å²) >= 11 is 0. The molecular formula is C27H32N8O6S. The van der Waals surface area contributed by atoms with Crippen LogP contribution in [0, 0.1) is 0 Å². The SMILES string of the molecule is CCOc1cncc(-c2ccc(NC(=O)C3(c4ccnc(NS(=O)(=O)C5CC5)n4)CCN(C(=O)COC)CC3)nc2)n1. The number of carbonyl (C=O) groups excluding carboxylic acids is 2. The van der Waals surface area contributed by atoms with Crippen LogP contribution >= 0.6 is 0 Å². The Labute approximate surface area is 243 Å². The first-order valence-electron chi connectivity index (χ1n) is 13.6. The average Bonchev–Trinajstić information content (AvgIpc) is 3.85. The molecular weight excluding hydrogens is 564 g/mol. The summed E-state index contributed by atoms with van der Waals surface area (Å²) in [6.07, 6.45) is 7.79. The summed E-state index contributed by atoms with van der Waals surface area (Å²) in [7, 11) is -2.16. The lowest BCUT2D eigenvalue weighted by molar-refractivity contribution is -0.138.